The van der Waals surface area contributed by atoms with Crippen LogP contribution in [0.5, 0.6) is 0 Å². The topological polar surface area (TPSA) is 41.1 Å². The SMILES string of the molecule is CCCCNC(=O)Nc1cc(C(F)(F)F)ccc1F. The van der Waals surface area contributed by atoms with Gasteiger partial charge in [0.25, 0.3) is 0 Å². The van der Waals surface area contributed by atoms with Gasteiger partial charge in [-0.1, -0.05) is 13.3 Å². The van der Waals surface area contributed by atoms with Gasteiger partial charge in [-0.25, -0.2) is 9.18 Å². The number of anilines is 1. The molecule has 1 aromatic carbocycles. The first-order valence-electron chi connectivity index (χ1n) is 5.76. The Kier molecular flexibility index (Phi) is 5.14. The number of rotatable bonds is 4. The molecular formula is C12H14F4N2O. The van der Waals surface area contributed by atoms with Gasteiger partial charge in [-0.2, -0.15) is 13.2 Å². The number of hydrogen-bond donors (Lipinski definition) is 2. The van der Waals surface area contributed by atoms with Gasteiger partial charge in [0.1, 0.15) is 5.82 Å². The van der Waals surface area contributed by atoms with Gasteiger partial charge in [-0.15, -0.1) is 0 Å². The summed E-state index contributed by atoms with van der Waals surface area (Å²) in [5.74, 6) is -0.918. The Balaban J connectivity index is 2.74. The molecule has 3 nitrogen and oxygen atoms in total. The normalized spacial score (nSPS) is 11.2. The number of hydrogen-bond acceptors (Lipinski definition) is 1. The number of carbonyl (C=O) groups is 1. The molecule has 106 valence electrons. The zero-order chi connectivity index (χ0) is 14.5. The van der Waals surface area contributed by atoms with Gasteiger partial charge in [-0.3, -0.25) is 0 Å². The molecule has 1 aromatic rings. The number of alkyl halides is 3. The molecule has 0 bridgehead atoms. The van der Waals surface area contributed by atoms with E-state index >= 15 is 0 Å². The van der Waals surface area contributed by atoms with Crippen LogP contribution in [0.25, 0.3) is 0 Å². The first-order valence-corrected chi connectivity index (χ1v) is 5.76. The predicted octanol–water partition coefficient (Wildman–Crippen LogP) is 3.77. The summed E-state index contributed by atoms with van der Waals surface area (Å²) in [6.45, 7) is 2.30. The highest BCUT2D eigenvalue weighted by atomic mass is 19.4. The molecule has 0 unspecified atom stereocenters. The lowest BCUT2D eigenvalue weighted by Gasteiger charge is -2.11. The quantitative estimate of drug-likeness (QED) is 0.639. The number of amides is 2. The smallest absolute Gasteiger partial charge is 0.338 e. The Bertz CT molecular complexity index is 446. The largest absolute Gasteiger partial charge is 0.416 e. The number of benzene rings is 1. The Labute approximate surface area is 108 Å². The van der Waals surface area contributed by atoms with Crippen LogP contribution in [0.2, 0.25) is 0 Å². The van der Waals surface area contributed by atoms with E-state index in [0.717, 1.165) is 12.8 Å². The van der Waals surface area contributed by atoms with Crippen molar-refractivity contribution in [2.24, 2.45) is 0 Å². The van der Waals surface area contributed by atoms with E-state index in [4.69, 9.17) is 0 Å². The van der Waals surface area contributed by atoms with Crippen molar-refractivity contribution in [1.29, 1.82) is 0 Å². The lowest BCUT2D eigenvalue weighted by atomic mass is 10.2. The van der Waals surface area contributed by atoms with Crippen molar-refractivity contribution in [2.75, 3.05) is 11.9 Å². The highest BCUT2D eigenvalue weighted by Gasteiger charge is 2.31. The number of carbonyl (C=O) groups excluding carboxylic acids is 1. The third kappa shape index (κ3) is 4.76. The van der Waals surface area contributed by atoms with Gasteiger partial charge in [0.2, 0.25) is 0 Å². The Morgan fingerprint density at radius 1 is 1.32 bits per heavy atom. The summed E-state index contributed by atoms with van der Waals surface area (Å²) in [4.78, 5) is 11.3. The van der Waals surface area contributed by atoms with Crippen LogP contribution in [0.1, 0.15) is 25.3 Å². The minimum Gasteiger partial charge on any atom is -0.338 e. The number of nitrogens with one attached hydrogen (secondary N) is 2. The molecule has 0 aliphatic rings. The van der Waals surface area contributed by atoms with Crippen LogP contribution in [0.15, 0.2) is 18.2 Å². The van der Waals surface area contributed by atoms with Crippen LogP contribution in [0.3, 0.4) is 0 Å². The molecule has 0 heterocycles. The second-order valence-electron chi connectivity index (χ2n) is 3.93. The summed E-state index contributed by atoms with van der Waals surface area (Å²) in [7, 11) is 0. The average molecular weight is 278 g/mol. The van der Waals surface area contributed by atoms with Crippen LogP contribution in [0.4, 0.5) is 28.0 Å². The molecule has 0 aliphatic heterocycles. The molecular weight excluding hydrogens is 264 g/mol. The van der Waals surface area contributed by atoms with Crippen molar-refractivity contribution in [3.63, 3.8) is 0 Å². The van der Waals surface area contributed by atoms with Crippen LogP contribution < -0.4 is 10.6 Å². The first kappa shape index (κ1) is 15.3. The molecule has 0 spiro atoms. The molecule has 1 rings (SSSR count). The molecule has 19 heavy (non-hydrogen) atoms. The van der Waals surface area contributed by atoms with Crippen molar-refractivity contribution in [3.8, 4) is 0 Å². The van der Waals surface area contributed by atoms with Gasteiger partial charge >= 0.3 is 12.2 Å². The third-order valence-corrected chi connectivity index (χ3v) is 2.36. The Morgan fingerprint density at radius 2 is 2.00 bits per heavy atom. The summed E-state index contributed by atoms with van der Waals surface area (Å²) in [5, 5.41) is 4.48. The maximum Gasteiger partial charge on any atom is 0.416 e. The molecule has 2 amide bonds. The number of unbranched alkanes of at least 4 members (excludes halogenated alkanes) is 1. The molecule has 0 fully saturated rings. The molecule has 0 radical (unpaired) electrons. The van der Waals surface area contributed by atoms with E-state index in [1.807, 2.05) is 6.92 Å². The van der Waals surface area contributed by atoms with E-state index in [1.54, 1.807) is 0 Å². The summed E-state index contributed by atoms with van der Waals surface area (Å²) >= 11 is 0. The zero-order valence-corrected chi connectivity index (χ0v) is 10.3. The number of urea groups is 1. The van der Waals surface area contributed by atoms with E-state index in [0.29, 0.717) is 24.7 Å². The average Bonchev–Trinajstić information content (AvgIpc) is 2.31. The Morgan fingerprint density at radius 3 is 2.58 bits per heavy atom. The van der Waals surface area contributed by atoms with Crippen molar-refractivity contribution >= 4 is 11.7 Å². The molecule has 0 aliphatic carbocycles. The van der Waals surface area contributed by atoms with Crippen LogP contribution in [-0.2, 0) is 6.18 Å². The van der Waals surface area contributed by atoms with Crippen molar-refractivity contribution in [3.05, 3.63) is 29.6 Å². The van der Waals surface area contributed by atoms with Crippen LogP contribution >= 0.6 is 0 Å². The molecule has 7 heteroatoms. The Hall–Kier alpha value is -1.79. The summed E-state index contributed by atoms with van der Waals surface area (Å²) < 4.78 is 50.6. The van der Waals surface area contributed by atoms with E-state index in [1.165, 1.54) is 0 Å². The minimum absolute atomic E-state index is 0.378. The van der Waals surface area contributed by atoms with Crippen molar-refractivity contribution in [2.45, 2.75) is 25.9 Å². The van der Waals surface area contributed by atoms with Crippen LogP contribution in [-0.4, -0.2) is 12.6 Å². The van der Waals surface area contributed by atoms with Gasteiger partial charge in [0.15, 0.2) is 0 Å². The fraction of sp³-hybridized carbons (Fsp3) is 0.417. The monoisotopic (exact) mass is 278 g/mol. The van der Waals surface area contributed by atoms with Crippen molar-refractivity contribution in [1.82, 2.24) is 5.32 Å². The molecule has 0 saturated carbocycles. The highest BCUT2D eigenvalue weighted by Crippen LogP contribution is 2.31. The van der Waals surface area contributed by atoms with E-state index < -0.39 is 29.3 Å². The second kappa shape index (κ2) is 6.40. The maximum atomic E-state index is 13.3. The fourth-order valence-corrected chi connectivity index (χ4v) is 1.34. The van der Waals surface area contributed by atoms with Crippen molar-refractivity contribution < 1.29 is 22.4 Å². The van der Waals surface area contributed by atoms with Gasteiger partial charge in [-0.05, 0) is 24.6 Å². The molecule has 0 atom stereocenters. The maximum absolute atomic E-state index is 13.3. The van der Waals surface area contributed by atoms with Gasteiger partial charge < -0.3 is 10.6 Å². The lowest BCUT2D eigenvalue weighted by molar-refractivity contribution is -0.137. The molecule has 0 aromatic heterocycles. The van der Waals surface area contributed by atoms with Gasteiger partial charge in [0, 0.05) is 6.54 Å². The summed E-state index contributed by atoms with van der Waals surface area (Å²) in [6, 6.07) is 1.13. The zero-order valence-electron chi connectivity index (χ0n) is 10.3. The number of halogens is 4. The van der Waals surface area contributed by atoms with Crippen LogP contribution in [0, 0.1) is 5.82 Å². The second-order valence-corrected chi connectivity index (χ2v) is 3.93. The van der Waals surface area contributed by atoms with Gasteiger partial charge in [0.05, 0.1) is 11.3 Å². The van der Waals surface area contributed by atoms with E-state index in [-0.39, 0.29) is 0 Å². The fourth-order valence-electron chi connectivity index (χ4n) is 1.34. The molecule has 2 N–H and O–H groups in total. The standard InChI is InChI=1S/C12H14F4N2O/c1-2-3-6-17-11(19)18-10-7-8(12(14,15)16)4-5-9(10)13/h4-5,7H,2-3,6H2,1H3,(H2,17,18,19). The summed E-state index contributed by atoms with van der Waals surface area (Å²) in [6.07, 6.45) is -2.99. The lowest BCUT2D eigenvalue weighted by Crippen LogP contribution is -2.29. The summed E-state index contributed by atoms with van der Waals surface area (Å²) in [5.41, 5.74) is -1.51. The first-order chi connectivity index (χ1) is 8.84. The third-order valence-electron chi connectivity index (χ3n) is 2.36. The van der Waals surface area contributed by atoms with E-state index in [9.17, 15) is 22.4 Å². The molecule has 0 saturated heterocycles. The highest BCUT2D eigenvalue weighted by molar-refractivity contribution is 5.89. The predicted molar refractivity (Wildman–Crippen MR) is 63.3 cm³/mol. The van der Waals surface area contributed by atoms with E-state index in [2.05, 4.69) is 10.6 Å². The minimum atomic E-state index is -4.58.